The van der Waals surface area contributed by atoms with Crippen LogP contribution in [0.5, 0.6) is 5.75 Å². The predicted molar refractivity (Wildman–Crippen MR) is 91.7 cm³/mol. The molecule has 2 N–H and O–H groups in total. The number of rotatable bonds is 8. The van der Waals surface area contributed by atoms with Gasteiger partial charge in [-0.15, -0.1) is 0 Å². The first kappa shape index (κ1) is 20.8. The Morgan fingerprint density at radius 1 is 1.16 bits per heavy atom. The Morgan fingerprint density at radius 2 is 1.76 bits per heavy atom. The molecule has 6 nitrogen and oxygen atoms in total. The maximum atomic E-state index is 12.4. The molecule has 0 saturated carbocycles. The number of carbonyl (C=O) groups excluding carboxylic acids is 2. The third-order valence-electron chi connectivity index (χ3n) is 3.07. The molecule has 0 atom stereocenters. The number of carbonyl (C=O) groups is 2. The van der Waals surface area contributed by atoms with Crippen molar-refractivity contribution >= 4 is 17.5 Å². The molecule has 0 aliphatic carbocycles. The maximum Gasteiger partial charge on any atom is 0.387 e. The van der Waals surface area contributed by atoms with Crippen LogP contribution in [0.1, 0.15) is 27.7 Å². The summed E-state index contributed by atoms with van der Waals surface area (Å²) in [6.07, 6.45) is 0. The van der Waals surface area contributed by atoms with Crippen molar-refractivity contribution in [2.24, 2.45) is 0 Å². The Kier molecular flexibility index (Phi) is 7.76. The molecule has 0 bridgehead atoms. The van der Waals surface area contributed by atoms with Gasteiger partial charge in [-0.2, -0.15) is 8.78 Å². The molecule has 0 unspecified atom stereocenters. The number of alkyl halides is 2. The molecule has 0 saturated heterocycles. The van der Waals surface area contributed by atoms with Crippen LogP contribution in [-0.4, -0.2) is 48.5 Å². The minimum atomic E-state index is -2.98. The van der Waals surface area contributed by atoms with Crippen LogP contribution in [0.4, 0.5) is 14.5 Å². The van der Waals surface area contributed by atoms with E-state index in [0.717, 1.165) is 0 Å². The number of para-hydroxylation sites is 2. The Morgan fingerprint density at radius 3 is 2.32 bits per heavy atom. The van der Waals surface area contributed by atoms with E-state index in [9.17, 15) is 18.4 Å². The summed E-state index contributed by atoms with van der Waals surface area (Å²) in [6.45, 7) is 4.96. The van der Waals surface area contributed by atoms with Crippen molar-refractivity contribution in [3.05, 3.63) is 24.3 Å². The van der Waals surface area contributed by atoms with E-state index in [1.54, 1.807) is 11.0 Å². The lowest BCUT2D eigenvalue weighted by atomic mass is 10.1. The topological polar surface area (TPSA) is 70.7 Å². The van der Waals surface area contributed by atoms with Crippen LogP contribution in [0, 0.1) is 0 Å². The summed E-state index contributed by atoms with van der Waals surface area (Å²) in [7, 11) is 0. The third-order valence-corrected chi connectivity index (χ3v) is 3.07. The summed E-state index contributed by atoms with van der Waals surface area (Å²) in [4.78, 5) is 25.8. The lowest BCUT2D eigenvalue weighted by molar-refractivity contribution is -0.124. The summed E-state index contributed by atoms with van der Waals surface area (Å²) in [6, 6.07) is 5.94. The lowest BCUT2D eigenvalue weighted by Crippen LogP contribution is -2.47. The molecule has 8 heteroatoms. The second-order valence-corrected chi connectivity index (χ2v) is 6.52. The van der Waals surface area contributed by atoms with Crippen LogP contribution in [-0.2, 0) is 9.59 Å². The van der Waals surface area contributed by atoms with Crippen molar-refractivity contribution in [3.63, 3.8) is 0 Å². The highest BCUT2D eigenvalue weighted by Crippen LogP contribution is 2.25. The van der Waals surface area contributed by atoms with Crippen molar-refractivity contribution in [1.82, 2.24) is 10.2 Å². The zero-order chi connectivity index (χ0) is 19.0. The molecule has 1 rings (SSSR count). The largest absolute Gasteiger partial charge is 0.433 e. The molecule has 0 aliphatic rings. The van der Waals surface area contributed by atoms with Crippen LogP contribution in [0.2, 0.25) is 0 Å². The van der Waals surface area contributed by atoms with E-state index < -0.39 is 12.5 Å². The highest BCUT2D eigenvalue weighted by molar-refractivity contribution is 5.94. The number of ether oxygens (including phenoxy) is 1. The summed E-state index contributed by atoms with van der Waals surface area (Å²) in [5, 5.41) is 5.35. The number of nitrogens with zero attached hydrogens (tertiary/aromatic N) is 1. The summed E-state index contributed by atoms with van der Waals surface area (Å²) in [5.41, 5.74) is -0.201. The summed E-state index contributed by atoms with van der Waals surface area (Å²) in [5.74, 6) is -0.723. The number of benzene rings is 1. The van der Waals surface area contributed by atoms with Gasteiger partial charge in [-0.25, -0.2) is 0 Å². The Balaban J connectivity index is 2.64. The average Bonchev–Trinajstić information content (AvgIpc) is 2.46. The van der Waals surface area contributed by atoms with Crippen molar-refractivity contribution < 1.29 is 23.1 Å². The van der Waals surface area contributed by atoms with Gasteiger partial charge in [0.1, 0.15) is 5.75 Å². The minimum Gasteiger partial charge on any atom is -0.433 e. The summed E-state index contributed by atoms with van der Waals surface area (Å²) < 4.78 is 29.2. The first-order valence-corrected chi connectivity index (χ1v) is 7.97. The molecule has 0 radical (unpaired) electrons. The van der Waals surface area contributed by atoms with Crippen LogP contribution >= 0.6 is 0 Å². The first-order chi connectivity index (χ1) is 11.6. The summed E-state index contributed by atoms with van der Waals surface area (Å²) >= 11 is 0. The minimum absolute atomic E-state index is 0.0446. The number of anilines is 1. The average molecular weight is 357 g/mol. The molecule has 0 aliphatic heterocycles. The van der Waals surface area contributed by atoms with Gasteiger partial charge in [0, 0.05) is 5.54 Å². The van der Waals surface area contributed by atoms with Crippen LogP contribution in [0.25, 0.3) is 0 Å². The van der Waals surface area contributed by atoms with Gasteiger partial charge in [-0.3, -0.25) is 14.5 Å². The number of hydrogen-bond donors (Lipinski definition) is 2. The number of hydrogen-bond acceptors (Lipinski definition) is 4. The normalized spacial score (nSPS) is 11.5. The van der Waals surface area contributed by atoms with E-state index in [0.29, 0.717) is 6.54 Å². The number of nitrogens with one attached hydrogen (secondary N) is 2. The molecule has 140 valence electrons. The van der Waals surface area contributed by atoms with Gasteiger partial charge in [0.25, 0.3) is 0 Å². The standard InChI is InChI=1S/C17H25F2N3O3/c1-5-22(11-15(24)21-17(2,3)4)10-14(23)20-12-8-6-7-9-13(12)25-16(18)19/h6-9,16H,5,10-11H2,1-4H3,(H,20,23)(H,21,24). The van der Waals surface area contributed by atoms with Gasteiger partial charge in [-0.1, -0.05) is 19.1 Å². The van der Waals surface area contributed by atoms with E-state index in [1.807, 2.05) is 27.7 Å². The van der Waals surface area contributed by atoms with E-state index in [2.05, 4.69) is 15.4 Å². The van der Waals surface area contributed by atoms with E-state index in [4.69, 9.17) is 0 Å². The number of amides is 2. The van der Waals surface area contributed by atoms with Crippen molar-refractivity contribution in [1.29, 1.82) is 0 Å². The van der Waals surface area contributed by atoms with Crippen molar-refractivity contribution in [2.45, 2.75) is 39.8 Å². The molecular weight excluding hydrogens is 332 g/mol. The molecule has 0 heterocycles. The number of halogens is 2. The zero-order valence-electron chi connectivity index (χ0n) is 14.9. The molecule has 1 aromatic carbocycles. The molecule has 2 amide bonds. The number of likely N-dealkylation sites (N-methyl/N-ethyl adjacent to an activating group) is 1. The van der Waals surface area contributed by atoms with Gasteiger partial charge >= 0.3 is 6.61 Å². The molecule has 0 spiro atoms. The maximum absolute atomic E-state index is 12.4. The molecule has 25 heavy (non-hydrogen) atoms. The van der Waals surface area contributed by atoms with Crippen LogP contribution in [0.3, 0.4) is 0 Å². The molecule has 0 fully saturated rings. The quantitative estimate of drug-likeness (QED) is 0.750. The van der Waals surface area contributed by atoms with E-state index >= 15 is 0 Å². The Hall–Kier alpha value is -2.22. The van der Waals surface area contributed by atoms with Gasteiger partial charge < -0.3 is 15.4 Å². The van der Waals surface area contributed by atoms with Crippen LogP contribution in [0.15, 0.2) is 24.3 Å². The Bertz CT molecular complexity index is 589. The zero-order valence-corrected chi connectivity index (χ0v) is 14.9. The van der Waals surface area contributed by atoms with Crippen molar-refractivity contribution in [3.8, 4) is 5.75 Å². The fraction of sp³-hybridized carbons (Fsp3) is 0.529. The lowest BCUT2D eigenvalue weighted by Gasteiger charge is -2.24. The van der Waals surface area contributed by atoms with E-state index in [-0.39, 0.29) is 36.0 Å². The smallest absolute Gasteiger partial charge is 0.387 e. The van der Waals surface area contributed by atoms with Crippen molar-refractivity contribution in [2.75, 3.05) is 25.0 Å². The van der Waals surface area contributed by atoms with Gasteiger partial charge in [0.2, 0.25) is 11.8 Å². The monoisotopic (exact) mass is 357 g/mol. The third kappa shape index (κ3) is 8.44. The highest BCUT2D eigenvalue weighted by Gasteiger charge is 2.18. The first-order valence-electron chi connectivity index (χ1n) is 7.97. The van der Waals surface area contributed by atoms with Gasteiger partial charge in [0.05, 0.1) is 18.8 Å². The van der Waals surface area contributed by atoms with E-state index in [1.165, 1.54) is 18.2 Å². The van der Waals surface area contributed by atoms with Gasteiger partial charge in [-0.05, 0) is 39.4 Å². The predicted octanol–water partition coefficient (Wildman–Crippen LogP) is 2.46. The second-order valence-electron chi connectivity index (χ2n) is 6.52. The fourth-order valence-electron chi connectivity index (χ4n) is 2.10. The Labute approximate surface area is 146 Å². The van der Waals surface area contributed by atoms with Crippen LogP contribution < -0.4 is 15.4 Å². The van der Waals surface area contributed by atoms with Gasteiger partial charge in [0.15, 0.2) is 0 Å². The SMILES string of the molecule is CCN(CC(=O)Nc1ccccc1OC(F)F)CC(=O)NC(C)(C)C. The fourth-order valence-corrected chi connectivity index (χ4v) is 2.10. The highest BCUT2D eigenvalue weighted by atomic mass is 19.3. The molecular formula is C17H25F2N3O3. The molecule has 0 aromatic heterocycles. The second kappa shape index (κ2) is 9.31. The molecule has 1 aromatic rings.